The predicted molar refractivity (Wildman–Crippen MR) is 28.7 cm³/mol. The fraction of sp³-hybridized carbons (Fsp3) is 0.167. The van der Waals surface area contributed by atoms with Crippen LogP contribution < -0.4 is 0 Å². The van der Waals surface area contributed by atoms with Gasteiger partial charge in [-0.3, -0.25) is 0 Å². The van der Waals surface area contributed by atoms with Gasteiger partial charge in [-0.2, -0.15) is 0 Å². The van der Waals surface area contributed by atoms with Gasteiger partial charge in [0.1, 0.15) is 0 Å². The maximum Gasteiger partial charge on any atom is 0.260 e. The van der Waals surface area contributed by atoms with Crippen LogP contribution in [0, 0.1) is 6.57 Å². The van der Waals surface area contributed by atoms with Crippen molar-refractivity contribution in [2.24, 2.45) is 0 Å². The Morgan fingerprint density at radius 2 is 1.86 bits per heavy atom. The number of rotatable bonds is 0. The first kappa shape index (κ1) is 4.14. The molecule has 0 unspecified atom stereocenters. The third-order valence-electron chi connectivity index (χ3n) is 0.877. The van der Waals surface area contributed by atoms with Crippen molar-refractivity contribution in [3.63, 3.8) is 0 Å². The maximum absolute atomic E-state index is 6.52. The van der Waals surface area contributed by atoms with Crippen LogP contribution >= 0.6 is 0 Å². The van der Waals surface area contributed by atoms with E-state index in [4.69, 9.17) is 6.57 Å². The lowest BCUT2D eigenvalue weighted by atomic mass is 10.4. The minimum Gasteiger partial charge on any atom is -0.305 e. The van der Waals surface area contributed by atoms with Crippen molar-refractivity contribution in [2.75, 3.05) is 0 Å². The van der Waals surface area contributed by atoms with Gasteiger partial charge in [0.2, 0.25) is 0 Å². The van der Waals surface area contributed by atoms with E-state index in [1.807, 2.05) is 24.3 Å². The first-order valence-corrected chi connectivity index (χ1v) is 2.15. The quantitative estimate of drug-likeness (QED) is 0.397. The molecular weight excluding hydrogens is 86.1 g/mol. The fourth-order valence-corrected chi connectivity index (χ4v) is 0.506. The molecule has 0 atom stereocenters. The molecule has 1 heteroatoms. The Morgan fingerprint density at radius 3 is 2.14 bits per heavy atom. The van der Waals surface area contributed by atoms with Crippen molar-refractivity contribution in [2.45, 2.75) is 6.04 Å². The molecule has 0 aromatic rings. The van der Waals surface area contributed by atoms with Crippen LogP contribution in [0.25, 0.3) is 4.85 Å². The minimum absolute atomic E-state index is 0.0278. The van der Waals surface area contributed by atoms with Gasteiger partial charge in [0.05, 0.1) is 0 Å². The summed E-state index contributed by atoms with van der Waals surface area (Å²) in [7, 11) is 0. The van der Waals surface area contributed by atoms with Crippen LogP contribution in [0.4, 0.5) is 0 Å². The molecule has 0 saturated carbocycles. The topological polar surface area (TPSA) is 4.36 Å². The van der Waals surface area contributed by atoms with E-state index in [2.05, 4.69) is 4.85 Å². The molecule has 0 bridgehead atoms. The molecule has 34 valence electrons. The second-order valence-corrected chi connectivity index (χ2v) is 1.39. The average molecular weight is 91.1 g/mol. The lowest BCUT2D eigenvalue weighted by Gasteiger charge is -1.78. The van der Waals surface area contributed by atoms with Crippen LogP contribution in [0.15, 0.2) is 24.3 Å². The van der Waals surface area contributed by atoms with Gasteiger partial charge < -0.3 is 4.85 Å². The molecule has 1 rings (SSSR count). The van der Waals surface area contributed by atoms with Gasteiger partial charge in [0, 0.05) is 12.2 Å². The zero-order valence-electron chi connectivity index (χ0n) is 3.83. The van der Waals surface area contributed by atoms with Gasteiger partial charge in [-0.1, -0.05) is 12.2 Å². The van der Waals surface area contributed by atoms with Gasteiger partial charge in [-0.25, -0.2) is 6.57 Å². The van der Waals surface area contributed by atoms with Crippen molar-refractivity contribution in [3.05, 3.63) is 35.7 Å². The molecule has 0 heterocycles. The van der Waals surface area contributed by atoms with Crippen molar-refractivity contribution in [1.29, 1.82) is 0 Å². The van der Waals surface area contributed by atoms with Crippen molar-refractivity contribution >= 4 is 0 Å². The zero-order valence-corrected chi connectivity index (χ0v) is 3.83. The van der Waals surface area contributed by atoms with E-state index in [0.717, 1.165) is 0 Å². The molecule has 0 fully saturated rings. The molecule has 0 amide bonds. The summed E-state index contributed by atoms with van der Waals surface area (Å²) in [4.78, 5) is 3.26. The Kier molecular flexibility index (Phi) is 0.953. The Labute approximate surface area is 42.8 Å². The van der Waals surface area contributed by atoms with Gasteiger partial charge >= 0.3 is 0 Å². The molecular formula is C6H5N. The maximum atomic E-state index is 6.52. The largest absolute Gasteiger partial charge is 0.305 e. The molecule has 0 spiro atoms. The van der Waals surface area contributed by atoms with Crippen molar-refractivity contribution in [1.82, 2.24) is 0 Å². The normalized spacial score (nSPS) is 17.6. The Bertz CT molecular complexity index is 136. The molecule has 0 saturated heterocycles. The van der Waals surface area contributed by atoms with E-state index in [0.29, 0.717) is 0 Å². The minimum atomic E-state index is 0.0278. The molecule has 1 aliphatic rings. The Hall–Kier alpha value is -1.03. The summed E-state index contributed by atoms with van der Waals surface area (Å²) in [6.07, 6.45) is 7.52. The van der Waals surface area contributed by atoms with Crippen LogP contribution in [-0.4, -0.2) is 6.04 Å². The van der Waals surface area contributed by atoms with E-state index >= 15 is 0 Å². The standard InChI is InChI=1S/C6H5N/c1-7-6-4-2-3-5-6/h2-6H. The van der Waals surface area contributed by atoms with Crippen LogP contribution in [-0.2, 0) is 0 Å². The highest BCUT2D eigenvalue weighted by atomic mass is 14.7. The summed E-state index contributed by atoms with van der Waals surface area (Å²) in [5.41, 5.74) is 0. The van der Waals surface area contributed by atoms with Gasteiger partial charge in [-0.05, 0) is 0 Å². The van der Waals surface area contributed by atoms with E-state index in [1.54, 1.807) is 0 Å². The third kappa shape index (κ3) is 0.690. The molecule has 0 radical (unpaired) electrons. The molecule has 1 aliphatic carbocycles. The highest BCUT2D eigenvalue weighted by Gasteiger charge is 2.02. The predicted octanol–water partition coefficient (Wildman–Crippen LogP) is 1.40. The zero-order chi connectivity index (χ0) is 5.11. The highest BCUT2D eigenvalue weighted by molar-refractivity contribution is 5.24. The second-order valence-electron chi connectivity index (χ2n) is 1.39. The summed E-state index contributed by atoms with van der Waals surface area (Å²) >= 11 is 0. The summed E-state index contributed by atoms with van der Waals surface area (Å²) in [6.45, 7) is 6.52. The first-order valence-electron chi connectivity index (χ1n) is 2.15. The Morgan fingerprint density at radius 1 is 1.29 bits per heavy atom. The molecule has 7 heavy (non-hydrogen) atoms. The van der Waals surface area contributed by atoms with Gasteiger partial charge in [-0.15, -0.1) is 0 Å². The van der Waals surface area contributed by atoms with E-state index in [1.165, 1.54) is 0 Å². The van der Waals surface area contributed by atoms with Gasteiger partial charge in [0.25, 0.3) is 6.04 Å². The summed E-state index contributed by atoms with van der Waals surface area (Å²) in [6, 6.07) is 0.0278. The van der Waals surface area contributed by atoms with Crippen LogP contribution in [0.3, 0.4) is 0 Å². The van der Waals surface area contributed by atoms with Gasteiger partial charge in [0.15, 0.2) is 0 Å². The van der Waals surface area contributed by atoms with Crippen molar-refractivity contribution in [3.8, 4) is 0 Å². The molecule has 0 aliphatic heterocycles. The lowest BCUT2D eigenvalue weighted by Crippen LogP contribution is -1.82. The summed E-state index contributed by atoms with van der Waals surface area (Å²) in [5, 5.41) is 0. The highest BCUT2D eigenvalue weighted by Crippen LogP contribution is 2.01. The van der Waals surface area contributed by atoms with Crippen LogP contribution in [0.1, 0.15) is 0 Å². The van der Waals surface area contributed by atoms with E-state index in [-0.39, 0.29) is 6.04 Å². The molecule has 0 aromatic heterocycles. The number of hydrogen-bond acceptors (Lipinski definition) is 0. The summed E-state index contributed by atoms with van der Waals surface area (Å²) < 4.78 is 0. The molecule has 0 N–H and O–H groups in total. The van der Waals surface area contributed by atoms with Crippen LogP contribution in [0.5, 0.6) is 0 Å². The molecule has 0 aromatic carbocycles. The fourth-order valence-electron chi connectivity index (χ4n) is 0.506. The molecule has 1 nitrogen and oxygen atoms in total. The van der Waals surface area contributed by atoms with E-state index in [9.17, 15) is 0 Å². The smallest absolute Gasteiger partial charge is 0.260 e. The van der Waals surface area contributed by atoms with E-state index < -0.39 is 0 Å². The number of nitrogens with zero attached hydrogens (tertiary/aromatic N) is 1. The Balaban J connectivity index is 2.65. The van der Waals surface area contributed by atoms with Crippen molar-refractivity contribution < 1.29 is 0 Å². The second kappa shape index (κ2) is 1.61. The first-order chi connectivity index (χ1) is 3.43. The monoisotopic (exact) mass is 91.0 g/mol. The van der Waals surface area contributed by atoms with Crippen LogP contribution in [0.2, 0.25) is 0 Å². The SMILES string of the molecule is [C-]#[N+]C1C=CC=C1. The number of allylic oxidation sites excluding steroid dienone is 2. The summed E-state index contributed by atoms with van der Waals surface area (Å²) in [5.74, 6) is 0. The number of hydrogen-bond donors (Lipinski definition) is 0. The third-order valence-corrected chi connectivity index (χ3v) is 0.877. The average Bonchev–Trinajstić information content (AvgIpc) is 2.14. The lowest BCUT2D eigenvalue weighted by molar-refractivity contribution is 1.26.